The zero-order chi connectivity index (χ0) is 8.23. The summed E-state index contributed by atoms with van der Waals surface area (Å²) in [6.45, 7) is 0. The molecular weight excluding hydrogens is 345 g/mol. The molecule has 2 aromatic heterocycles. The summed E-state index contributed by atoms with van der Waals surface area (Å²) in [5.41, 5.74) is 1.83. The molecule has 0 spiro atoms. The quantitative estimate of drug-likeness (QED) is 0.489. The third-order valence-corrected chi connectivity index (χ3v) is 1.59. The molecule has 0 aliphatic rings. The zero-order valence-electron chi connectivity index (χ0n) is 9.87. The van der Waals surface area contributed by atoms with Gasteiger partial charge in [0.25, 0.3) is 0 Å². The van der Waals surface area contributed by atoms with Gasteiger partial charge >= 0.3 is 0 Å². The van der Waals surface area contributed by atoms with Gasteiger partial charge in [-0.15, -0.1) is 0 Å². The second-order valence-corrected chi connectivity index (χ2v) is 2.43. The average Bonchev–Trinajstić information content (AvgIpc) is 2.21. The minimum atomic E-state index is 0. The van der Waals surface area contributed by atoms with Crippen molar-refractivity contribution in [1.82, 2.24) is 9.97 Å². The van der Waals surface area contributed by atoms with Crippen LogP contribution >= 0.6 is 0 Å². The van der Waals surface area contributed by atoms with Crippen LogP contribution in [0.5, 0.6) is 0 Å². The second-order valence-electron chi connectivity index (χ2n) is 2.43. The van der Waals surface area contributed by atoms with Crippen LogP contribution in [0.25, 0.3) is 11.4 Å². The van der Waals surface area contributed by atoms with Crippen LogP contribution in [-0.2, 0) is 19.5 Å². The molecule has 0 fully saturated rings. The van der Waals surface area contributed by atoms with E-state index in [1.165, 1.54) is 0 Å². The van der Waals surface area contributed by atoms with Gasteiger partial charge in [0.2, 0.25) is 0 Å². The Bertz CT molecular complexity index is 327. The van der Waals surface area contributed by atoms with Gasteiger partial charge in [-0.3, -0.25) is 9.97 Å². The predicted molar refractivity (Wildman–Crippen MR) is 69.2 cm³/mol. The van der Waals surface area contributed by atoms with E-state index >= 15 is 0 Å². The number of hydrogen-bond acceptors (Lipinski definition) is 2. The summed E-state index contributed by atoms with van der Waals surface area (Å²) >= 11 is 0. The predicted octanol–water partition coefficient (Wildman–Crippen LogP) is -2.81. The van der Waals surface area contributed by atoms with E-state index in [0.29, 0.717) is 0 Å². The SMILES string of the molecule is O.O.O.O.O.O.[Ru].c1ccc(-c2ccccn2)nc1. The van der Waals surface area contributed by atoms with Crippen molar-refractivity contribution in [3.63, 3.8) is 0 Å². The van der Waals surface area contributed by atoms with E-state index in [9.17, 15) is 0 Å². The van der Waals surface area contributed by atoms with Crippen molar-refractivity contribution in [1.29, 1.82) is 0 Å². The van der Waals surface area contributed by atoms with Gasteiger partial charge in [0.15, 0.2) is 0 Å². The Morgan fingerprint density at radius 1 is 0.526 bits per heavy atom. The van der Waals surface area contributed by atoms with E-state index in [4.69, 9.17) is 0 Å². The molecule has 19 heavy (non-hydrogen) atoms. The van der Waals surface area contributed by atoms with Crippen LogP contribution < -0.4 is 0 Å². The van der Waals surface area contributed by atoms with E-state index in [0.717, 1.165) is 11.4 Å². The third kappa shape index (κ3) is 10.3. The molecule has 2 aromatic rings. The summed E-state index contributed by atoms with van der Waals surface area (Å²) in [5, 5.41) is 0. The molecule has 0 atom stereocenters. The molecule has 2 heterocycles. The second kappa shape index (κ2) is 19.0. The normalized spacial score (nSPS) is 6.11. The van der Waals surface area contributed by atoms with Crippen molar-refractivity contribution in [2.45, 2.75) is 0 Å². The minimum absolute atomic E-state index is 0. The van der Waals surface area contributed by atoms with Crippen molar-refractivity contribution < 1.29 is 52.3 Å². The standard InChI is InChI=1S/C10H8N2.6H2O.Ru/c1-3-7-11-9(5-1)10-6-2-4-8-12-10;;;;;;;/h1-8H;6*1H2;. The minimum Gasteiger partial charge on any atom is -0.412 e. The molecular formula is C10H20N2O6Ru. The molecule has 8 nitrogen and oxygen atoms in total. The molecule has 0 saturated carbocycles. The molecule has 9 heteroatoms. The first-order valence-electron chi connectivity index (χ1n) is 3.79. The first-order valence-corrected chi connectivity index (χ1v) is 3.79. The van der Waals surface area contributed by atoms with Gasteiger partial charge in [-0.1, -0.05) is 12.1 Å². The molecule has 0 aliphatic heterocycles. The van der Waals surface area contributed by atoms with E-state index in [-0.39, 0.29) is 52.3 Å². The number of pyridine rings is 2. The van der Waals surface area contributed by atoms with E-state index < -0.39 is 0 Å². The molecule has 0 radical (unpaired) electrons. The van der Waals surface area contributed by atoms with Gasteiger partial charge < -0.3 is 32.9 Å². The van der Waals surface area contributed by atoms with Crippen LogP contribution in [0.3, 0.4) is 0 Å². The van der Waals surface area contributed by atoms with Crippen molar-refractivity contribution in [2.75, 3.05) is 0 Å². The van der Waals surface area contributed by atoms with Crippen molar-refractivity contribution >= 4 is 0 Å². The summed E-state index contributed by atoms with van der Waals surface area (Å²) in [6, 6.07) is 11.6. The molecule has 114 valence electrons. The molecule has 0 amide bonds. The number of rotatable bonds is 1. The molecule has 2 rings (SSSR count). The summed E-state index contributed by atoms with van der Waals surface area (Å²) in [6.07, 6.45) is 3.54. The Balaban J connectivity index is -0.0000000604. The molecule has 0 aromatic carbocycles. The van der Waals surface area contributed by atoms with Gasteiger partial charge in [0.1, 0.15) is 0 Å². The fraction of sp³-hybridized carbons (Fsp3) is 0. The van der Waals surface area contributed by atoms with Gasteiger partial charge in [-0.05, 0) is 24.3 Å². The van der Waals surface area contributed by atoms with Gasteiger partial charge in [0.05, 0.1) is 11.4 Å². The van der Waals surface area contributed by atoms with E-state index in [1.54, 1.807) is 12.4 Å². The van der Waals surface area contributed by atoms with Crippen LogP contribution in [0, 0.1) is 0 Å². The van der Waals surface area contributed by atoms with E-state index in [1.807, 2.05) is 36.4 Å². The van der Waals surface area contributed by atoms with Crippen LogP contribution in [-0.4, -0.2) is 42.8 Å². The summed E-state index contributed by atoms with van der Waals surface area (Å²) < 4.78 is 0. The maximum absolute atomic E-state index is 4.19. The molecule has 0 aliphatic carbocycles. The van der Waals surface area contributed by atoms with Crippen LogP contribution in [0.2, 0.25) is 0 Å². The largest absolute Gasteiger partial charge is 0.412 e. The monoisotopic (exact) mass is 366 g/mol. The molecule has 0 saturated heterocycles. The topological polar surface area (TPSA) is 215 Å². The fourth-order valence-electron chi connectivity index (χ4n) is 1.03. The van der Waals surface area contributed by atoms with Crippen LogP contribution in [0.15, 0.2) is 48.8 Å². The van der Waals surface area contributed by atoms with Crippen molar-refractivity contribution in [2.24, 2.45) is 0 Å². The van der Waals surface area contributed by atoms with Crippen LogP contribution in [0.1, 0.15) is 0 Å². The van der Waals surface area contributed by atoms with E-state index in [2.05, 4.69) is 9.97 Å². The first-order chi connectivity index (χ1) is 5.97. The Labute approximate surface area is 123 Å². The van der Waals surface area contributed by atoms with Gasteiger partial charge in [-0.25, -0.2) is 0 Å². The van der Waals surface area contributed by atoms with Crippen molar-refractivity contribution in [3.05, 3.63) is 48.8 Å². The summed E-state index contributed by atoms with van der Waals surface area (Å²) in [4.78, 5) is 8.37. The van der Waals surface area contributed by atoms with Gasteiger partial charge in [0, 0.05) is 31.9 Å². The summed E-state index contributed by atoms with van der Waals surface area (Å²) in [5.74, 6) is 0. The number of hydrogen-bond donors (Lipinski definition) is 0. The number of nitrogens with zero attached hydrogens (tertiary/aromatic N) is 2. The number of aromatic nitrogens is 2. The Hall–Kier alpha value is -1.32. The Kier molecular flexibility index (Phi) is 36.1. The zero-order valence-corrected chi connectivity index (χ0v) is 11.6. The van der Waals surface area contributed by atoms with Crippen molar-refractivity contribution in [3.8, 4) is 11.4 Å². The molecule has 0 bridgehead atoms. The summed E-state index contributed by atoms with van der Waals surface area (Å²) in [7, 11) is 0. The molecule has 12 N–H and O–H groups in total. The van der Waals surface area contributed by atoms with Gasteiger partial charge in [-0.2, -0.15) is 0 Å². The first kappa shape index (κ1) is 36.1. The smallest absolute Gasteiger partial charge is 0.0886 e. The average molecular weight is 365 g/mol. The molecule has 0 unspecified atom stereocenters. The fourth-order valence-corrected chi connectivity index (χ4v) is 1.03. The Morgan fingerprint density at radius 3 is 1.05 bits per heavy atom. The maximum atomic E-state index is 4.19. The van der Waals surface area contributed by atoms with Crippen LogP contribution in [0.4, 0.5) is 0 Å². The third-order valence-electron chi connectivity index (χ3n) is 1.59. The maximum Gasteiger partial charge on any atom is 0.0886 e. The Morgan fingerprint density at radius 2 is 0.842 bits per heavy atom.